The van der Waals surface area contributed by atoms with Crippen LogP contribution in [0.5, 0.6) is 0 Å². The molecule has 0 saturated carbocycles. The SMILES string of the molecule is CCCn1nccc1C(NC)C1CN(C)CCN1C. The van der Waals surface area contributed by atoms with E-state index in [1.54, 1.807) is 0 Å². The zero-order valence-electron chi connectivity index (χ0n) is 12.6. The molecule has 0 aliphatic carbocycles. The van der Waals surface area contributed by atoms with Gasteiger partial charge in [0, 0.05) is 38.4 Å². The molecule has 1 aromatic rings. The fourth-order valence-electron chi connectivity index (χ4n) is 2.95. The Labute approximate surface area is 116 Å². The van der Waals surface area contributed by atoms with E-state index in [1.165, 1.54) is 5.69 Å². The van der Waals surface area contributed by atoms with Gasteiger partial charge in [-0.3, -0.25) is 9.58 Å². The molecule has 1 aliphatic heterocycles. The largest absolute Gasteiger partial charge is 0.310 e. The lowest BCUT2D eigenvalue weighted by Gasteiger charge is -2.41. The minimum Gasteiger partial charge on any atom is -0.310 e. The van der Waals surface area contributed by atoms with Crippen LogP contribution in [-0.2, 0) is 6.54 Å². The van der Waals surface area contributed by atoms with E-state index in [2.05, 4.69) is 59.0 Å². The van der Waals surface area contributed by atoms with Gasteiger partial charge in [0.1, 0.15) is 0 Å². The number of nitrogens with zero attached hydrogens (tertiary/aromatic N) is 4. The summed E-state index contributed by atoms with van der Waals surface area (Å²) in [5, 5.41) is 7.95. The van der Waals surface area contributed by atoms with Crippen molar-refractivity contribution in [3.8, 4) is 0 Å². The Hall–Kier alpha value is -0.910. The van der Waals surface area contributed by atoms with Crippen LogP contribution in [0.1, 0.15) is 25.1 Å². The highest BCUT2D eigenvalue weighted by molar-refractivity contribution is 5.11. The highest BCUT2D eigenvalue weighted by atomic mass is 15.3. The molecule has 0 spiro atoms. The van der Waals surface area contributed by atoms with Crippen LogP contribution in [0, 0.1) is 0 Å². The average Bonchev–Trinajstić information content (AvgIpc) is 2.83. The van der Waals surface area contributed by atoms with Gasteiger partial charge in [0.2, 0.25) is 0 Å². The number of hydrogen-bond donors (Lipinski definition) is 1. The second-order valence-electron chi connectivity index (χ2n) is 5.56. The van der Waals surface area contributed by atoms with Crippen molar-refractivity contribution in [3.05, 3.63) is 18.0 Å². The van der Waals surface area contributed by atoms with Gasteiger partial charge >= 0.3 is 0 Å². The van der Waals surface area contributed by atoms with Gasteiger partial charge in [0.25, 0.3) is 0 Å². The van der Waals surface area contributed by atoms with Gasteiger partial charge in [-0.1, -0.05) is 6.92 Å². The summed E-state index contributed by atoms with van der Waals surface area (Å²) in [6, 6.07) is 2.98. The molecular formula is C14H27N5. The quantitative estimate of drug-likeness (QED) is 0.854. The first-order valence-electron chi connectivity index (χ1n) is 7.25. The Morgan fingerprint density at radius 1 is 1.42 bits per heavy atom. The molecule has 1 fully saturated rings. The van der Waals surface area contributed by atoms with Crippen LogP contribution < -0.4 is 5.32 Å². The van der Waals surface area contributed by atoms with Crippen molar-refractivity contribution in [3.63, 3.8) is 0 Å². The van der Waals surface area contributed by atoms with Gasteiger partial charge in [-0.25, -0.2) is 0 Å². The molecule has 2 heterocycles. The van der Waals surface area contributed by atoms with E-state index in [0.717, 1.165) is 32.6 Å². The molecular weight excluding hydrogens is 238 g/mol. The average molecular weight is 265 g/mol. The highest BCUT2D eigenvalue weighted by Gasteiger charge is 2.31. The Morgan fingerprint density at radius 2 is 2.21 bits per heavy atom. The Kier molecular flexibility index (Phi) is 4.96. The summed E-state index contributed by atoms with van der Waals surface area (Å²) < 4.78 is 2.14. The monoisotopic (exact) mass is 265 g/mol. The van der Waals surface area contributed by atoms with Gasteiger partial charge in [-0.2, -0.15) is 5.10 Å². The Morgan fingerprint density at radius 3 is 2.89 bits per heavy atom. The third-order valence-corrected chi connectivity index (χ3v) is 4.10. The standard InChI is InChI=1S/C14H27N5/c1-5-8-19-12(6-7-16-19)14(15-2)13-11-17(3)9-10-18(13)4/h6-7,13-15H,5,8-11H2,1-4H3. The Bertz CT molecular complexity index is 389. The third-order valence-electron chi connectivity index (χ3n) is 4.10. The number of hydrogen-bond acceptors (Lipinski definition) is 4. The van der Waals surface area contributed by atoms with Gasteiger partial charge in [-0.05, 0) is 33.6 Å². The molecule has 1 aromatic heterocycles. The molecule has 2 atom stereocenters. The number of aromatic nitrogens is 2. The molecule has 5 nitrogen and oxygen atoms in total. The summed E-state index contributed by atoms with van der Waals surface area (Å²) in [7, 11) is 6.48. The number of nitrogens with one attached hydrogen (secondary N) is 1. The normalized spacial score (nSPS) is 23.7. The van der Waals surface area contributed by atoms with Crippen LogP contribution >= 0.6 is 0 Å². The number of rotatable bonds is 5. The van der Waals surface area contributed by atoms with Crippen molar-refractivity contribution < 1.29 is 0 Å². The van der Waals surface area contributed by atoms with Crippen LogP contribution in [0.4, 0.5) is 0 Å². The second kappa shape index (κ2) is 6.50. The summed E-state index contributed by atoms with van der Waals surface area (Å²) >= 11 is 0. The van der Waals surface area contributed by atoms with Gasteiger partial charge in [0.05, 0.1) is 11.7 Å². The van der Waals surface area contributed by atoms with Crippen molar-refractivity contribution in [2.24, 2.45) is 0 Å². The Balaban J connectivity index is 2.20. The van der Waals surface area contributed by atoms with Gasteiger partial charge < -0.3 is 10.2 Å². The van der Waals surface area contributed by atoms with E-state index in [1.807, 2.05) is 6.20 Å². The van der Waals surface area contributed by atoms with Gasteiger partial charge in [-0.15, -0.1) is 0 Å². The second-order valence-corrected chi connectivity index (χ2v) is 5.56. The molecule has 0 amide bonds. The molecule has 2 unspecified atom stereocenters. The van der Waals surface area contributed by atoms with Crippen LogP contribution in [0.3, 0.4) is 0 Å². The smallest absolute Gasteiger partial charge is 0.0659 e. The highest BCUT2D eigenvalue weighted by Crippen LogP contribution is 2.23. The molecule has 5 heteroatoms. The van der Waals surface area contributed by atoms with Crippen molar-refractivity contribution in [1.29, 1.82) is 0 Å². The van der Waals surface area contributed by atoms with Crippen molar-refractivity contribution in [1.82, 2.24) is 24.9 Å². The lowest BCUT2D eigenvalue weighted by Crippen LogP contribution is -2.55. The van der Waals surface area contributed by atoms with Crippen molar-refractivity contribution in [2.75, 3.05) is 40.8 Å². The number of likely N-dealkylation sites (N-methyl/N-ethyl adjacent to an activating group) is 3. The predicted octanol–water partition coefficient (Wildman–Crippen LogP) is 0.799. The van der Waals surface area contributed by atoms with E-state index >= 15 is 0 Å². The topological polar surface area (TPSA) is 36.3 Å². The number of piperazine rings is 1. The summed E-state index contributed by atoms with van der Waals surface area (Å²) in [6.07, 6.45) is 3.04. The minimum atomic E-state index is 0.335. The fourth-order valence-corrected chi connectivity index (χ4v) is 2.95. The van der Waals surface area contributed by atoms with E-state index < -0.39 is 0 Å². The summed E-state index contributed by atoms with van der Waals surface area (Å²) in [5.41, 5.74) is 1.30. The fraction of sp³-hybridized carbons (Fsp3) is 0.786. The van der Waals surface area contributed by atoms with Crippen LogP contribution in [0.25, 0.3) is 0 Å². The first-order valence-corrected chi connectivity index (χ1v) is 7.25. The molecule has 2 rings (SSSR count). The molecule has 1 aliphatic rings. The maximum Gasteiger partial charge on any atom is 0.0659 e. The molecule has 1 N–H and O–H groups in total. The lowest BCUT2D eigenvalue weighted by atomic mass is 10.0. The zero-order valence-corrected chi connectivity index (χ0v) is 12.6. The minimum absolute atomic E-state index is 0.335. The lowest BCUT2D eigenvalue weighted by molar-refractivity contribution is 0.0873. The van der Waals surface area contributed by atoms with E-state index in [9.17, 15) is 0 Å². The maximum absolute atomic E-state index is 4.46. The summed E-state index contributed by atoms with van der Waals surface area (Å²) in [5.74, 6) is 0. The molecule has 19 heavy (non-hydrogen) atoms. The van der Waals surface area contributed by atoms with Crippen LogP contribution in [0.15, 0.2) is 12.3 Å². The molecule has 0 aromatic carbocycles. The van der Waals surface area contributed by atoms with E-state index in [-0.39, 0.29) is 0 Å². The van der Waals surface area contributed by atoms with Crippen molar-refractivity contribution in [2.45, 2.75) is 32.0 Å². The first-order chi connectivity index (χ1) is 9.17. The molecule has 0 radical (unpaired) electrons. The maximum atomic E-state index is 4.46. The van der Waals surface area contributed by atoms with E-state index in [0.29, 0.717) is 12.1 Å². The zero-order chi connectivity index (χ0) is 13.8. The third kappa shape index (κ3) is 3.16. The molecule has 1 saturated heterocycles. The molecule has 108 valence electrons. The summed E-state index contributed by atoms with van der Waals surface area (Å²) in [6.45, 7) is 6.56. The molecule has 0 bridgehead atoms. The first kappa shape index (κ1) is 14.5. The van der Waals surface area contributed by atoms with Crippen LogP contribution in [0.2, 0.25) is 0 Å². The van der Waals surface area contributed by atoms with Crippen LogP contribution in [-0.4, -0.2) is 66.4 Å². The van der Waals surface area contributed by atoms with Crippen molar-refractivity contribution >= 4 is 0 Å². The number of aryl methyl sites for hydroxylation is 1. The predicted molar refractivity (Wildman–Crippen MR) is 78.2 cm³/mol. The van der Waals surface area contributed by atoms with Gasteiger partial charge in [0.15, 0.2) is 0 Å². The van der Waals surface area contributed by atoms with E-state index in [4.69, 9.17) is 0 Å². The summed E-state index contributed by atoms with van der Waals surface area (Å²) in [4.78, 5) is 4.87.